The zero-order valence-corrected chi connectivity index (χ0v) is 10.6. The van der Waals surface area contributed by atoms with Gasteiger partial charge in [0.15, 0.2) is 0 Å². The summed E-state index contributed by atoms with van der Waals surface area (Å²) in [6, 6.07) is 4.94. The average Bonchev–Trinajstić information content (AvgIpc) is 2.38. The topological polar surface area (TPSA) is 25.8 Å². The second-order valence-electron chi connectivity index (χ2n) is 4.56. The third-order valence-electron chi connectivity index (χ3n) is 2.75. The van der Waals surface area contributed by atoms with Crippen LogP contribution in [0.3, 0.4) is 0 Å². The van der Waals surface area contributed by atoms with E-state index in [9.17, 15) is 13.2 Å². The van der Waals surface area contributed by atoms with Gasteiger partial charge in [-0.2, -0.15) is 13.2 Å². The van der Waals surface area contributed by atoms with E-state index in [0.29, 0.717) is 11.3 Å². The number of hydrogen-bond donors (Lipinski definition) is 0. The average molecular weight is 266 g/mol. The molecule has 0 spiro atoms. The summed E-state index contributed by atoms with van der Waals surface area (Å²) in [5, 5.41) is 0. The second kappa shape index (κ2) is 4.99. The second-order valence-corrected chi connectivity index (χ2v) is 4.56. The van der Waals surface area contributed by atoms with Crippen molar-refractivity contribution in [3.63, 3.8) is 0 Å². The highest BCUT2D eigenvalue weighted by Gasteiger charge is 2.30. The fourth-order valence-corrected chi connectivity index (χ4v) is 1.63. The maximum atomic E-state index is 12.5. The lowest BCUT2D eigenvalue weighted by Crippen LogP contribution is -2.04. The first-order valence-corrected chi connectivity index (χ1v) is 5.87. The lowest BCUT2D eigenvalue weighted by atomic mass is 10.1. The van der Waals surface area contributed by atoms with Gasteiger partial charge in [-0.1, -0.05) is 26.0 Å². The molecule has 2 rings (SSSR count). The third kappa shape index (κ3) is 3.10. The SMILES string of the molecule is CC(C)c1cncc(-c2ccc(C(F)(F)F)cc2)n1. The first-order chi connectivity index (χ1) is 8.88. The van der Waals surface area contributed by atoms with Gasteiger partial charge in [0.25, 0.3) is 0 Å². The molecular formula is C14H13F3N2. The molecule has 0 saturated heterocycles. The molecule has 0 fully saturated rings. The number of benzene rings is 1. The molecule has 1 aromatic carbocycles. The summed E-state index contributed by atoms with van der Waals surface area (Å²) >= 11 is 0. The molecule has 0 unspecified atom stereocenters. The Hall–Kier alpha value is -1.91. The standard InChI is InChI=1S/C14H13F3N2/c1-9(2)12-7-18-8-13(19-12)10-3-5-11(6-4-10)14(15,16)17/h3-9H,1-2H3. The van der Waals surface area contributed by atoms with Crippen molar-refractivity contribution in [2.45, 2.75) is 25.9 Å². The molecule has 0 saturated carbocycles. The highest BCUT2D eigenvalue weighted by atomic mass is 19.4. The van der Waals surface area contributed by atoms with Gasteiger partial charge < -0.3 is 0 Å². The van der Waals surface area contributed by atoms with E-state index in [1.165, 1.54) is 12.1 Å². The van der Waals surface area contributed by atoms with Crippen molar-refractivity contribution < 1.29 is 13.2 Å². The van der Waals surface area contributed by atoms with Gasteiger partial charge >= 0.3 is 6.18 Å². The van der Waals surface area contributed by atoms with E-state index in [4.69, 9.17) is 0 Å². The summed E-state index contributed by atoms with van der Waals surface area (Å²) in [5.74, 6) is 0.224. The van der Waals surface area contributed by atoms with Crippen LogP contribution in [0.5, 0.6) is 0 Å². The van der Waals surface area contributed by atoms with Gasteiger partial charge in [-0.05, 0) is 18.1 Å². The van der Waals surface area contributed by atoms with Gasteiger partial charge in [0.1, 0.15) is 0 Å². The maximum Gasteiger partial charge on any atom is 0.416 e. The molecule has 1 heterocycles. The Labute approximate surface area is 109 Å². The van der Waals surface area contributed by atoms with Crippen molar-refractivity contribution in [3.8, 4) is 11.3 Å². The molecule has 5 heteroatoms. The molecule has 0 radical (unpaired) electrons. The number of rotatable bonds is 2. The summed E-state index contributed by atoms with van der Waals surface area (Å²) in [6.45, 7) is 3.97. The van der Waals surface area contributed by atoms with Crippen LogP contribution in [-0.2, 0) is 6.18 Å². The van der Waals surface area contributed by atoms with Crippen molar-refractivity contribution >= 4 is 0 Å². The molecule has 100 valence electrons. The van der Waals surface area contributed by atoms with Gasteiger partial charge in [0.05, 0.1) is 23.1 Å². The minimum atomic E-state index is -4.32. The van der Waals surface area contributed by atoms with Crippen LogP contribution in [0.25, 0.3) is 11.3 Å². The molecule has 2 aromatic rings. The monoisotopic (exact) mass is 266 g/mol. The molecule has 19 heavy (non-hydrogen) atoms. The molecule has 0 aliphatic rings. The van der Waals surface area contributed by atoms with Gasteiger partial charge in [-0.25, -0.2) is 4.98 Å². The normalized spacial score (nSPS) is 11.9. The first kappa shape index (κ1) is 13.5. The Bertz CT molecular complexity index is 560. The van der Waals surface area contributed by atoms with E-state index in [1.807, 2.05) is 13.8 Å². The zero-order valence-electron chi connectivity index (χ0n) is 10.6. The summed E-state index contributed by atoms with van der Waals surface area (Å²) in [7, 11) is 0. The molecule has 1 aromatic heterocycles. The van der Waals surface area contributed by atoms with Crippen LogP contribution in [0, 0.1) is 0 Å². The summed E-state index contributed by atoms with van der Waals surface area (Å²) in [6.07, 6.45) is -1.10. The van der Waals surface area contributed by atoms with Crippen LogP contribution >= 0.6 is 0 Å². The van der Waals surface area contributed by atoms with Crippen LogP contribution in [-0.4, -0.2) is 9.97 Å². The van der Waals surface area contributed by atoms with Crippen molar-refractivity contribution in [1.82, 2.24) is 9.97 Å². The minimum Gasteiger partial charge on any atom is -0.261 e. The predicted molar refractivity (Wildman–Crippen MR) is 66.6 cm³/mol. The fraction of sp³-hybridized carbons (Fsp3) is 0.286. The fourth-order valence-electron chi connectivity index (χ4n) is 1.63. The van der Waals surface area contributed by atoms with Crippen molar-refractivity contribution in [1.29, 1.82) is 0 Å². The Morgan fingerprint density at radius 3 is 2.16 bits per heavy atom. The Balaban J connectivity index is 2.35. The molecule has 0 bridgehead atoms. The molecule has 0 aliphatic heterocycles. The van der Waals surface area contributed by atoms with Crippen molar-refractivity contribution in [3.05, 3.63) is 47.9 Å². The number of aromatic nitrogens is 2. The molecule has 0 amide bonds. The minimum absolute atomic E-state index is 0.224. The van der Waals surface area contributed by atoms with E-state index in [0.717, 1.165) is 17.8 Å². The molecule has 2 nitrogen and oxygen atoms in total. The van der Waals surface area contributed by atoms with E-state index >= 15 is 0 Å². The van der Waals surface area contributed by atoms with Crippen LogP contribution in [0.4, 0.5) is 13.2 Å². The molecular weight excluding hydrogens is 253 g/mol. The molecule has 0 aliphatic carbocycles. The van der Waals surface area contributed by atoms with Gasteiger partial charge in [0, 0.05) is 11.8 Å². The van der Waals surface area contributed by atoms with Crippen LogP contribution in [0.2, 0.25) is 0 Å². The Morgan fingerprint density at radius 1 is 1.00 bits per heavy atom. The van der Waals surface area contributed by atoms with Crippen molar-refractivity contribution in [2.75, 3.05) is 0 Å². The summed E-state index contributed by atoms with van der Waals surface area (Å²) in [5.41, 5.74) is 1.37. The quantitative estimate of drug-likeness (QED) is 0.810. The van der Waals surface area contributed by atoms with Gasteiger partial charge in [-0.3, -0.25) is 4.98 Å². The van der Waals surface area contributed by atoms with E-state index in [2.05, 4.69) is 9.97 Å². The van der Waals surface area contributed by atoms with Crippen LogP contribution in [0.15, 0.2) is 36.7 Å². The summed E-state index contributed by atoms with van der Waals surface area (Å²) < 4.78 is 37.4. The first-order valence-electron chi connectivity index (χ1n) is 5.87. The van der Waals surface area contributed by atoms with Crippen molar-refractivity contribution in [2.24, 2.45) is 0 Å². The lowest BCUT2D eigenvalue weighted by molar-refractivity contribution is -0.137. The highest BCUT2D eigenvalue weighted by Crippen LogP contribution is 2.30. The summed E-state index contributed by atoms with van der Waals surface area (Å²) in [4.78, 5) is 8.46. The van der Waals surface area contributed by atoms with E-state index < -0.39 is 11.7 Å². The lowest BCUT2D eigenvalue weighted by Gasteiger charge is -2.09. The smallest absolute Gasteiger partial charge is 0.261 e. The zero-order chi connectivity index (χ0) is 14.0. The highest BCUT2D eigenvalue weighted by molar-refractivity contribution is 5.58. The Kier molecular flexibility index (Phi) is 3.55. The maximum absolute atomic E-state index is 12.5. The molecule has 0 N–H and O–H groups in total. The van der Waals surface area contributed by atoms with E-state index in [1.54, 1.807) is 12.4 Å². The Morgan fingerprint density at radius 2 is 1.63 bits per heavy atom. The van der Waals surface area contributed by atoms with Gasteiger partial charge in [-0.15, -0.1) is 0 Å². The van der Waals surface area contributed by atoms with E-state index in [-0.39, 0.29) is 5.92 Å². The molecule has 0 atom stereocenters. The third-order valence-corrected chi connectivity index (χ3v) is 2.75. The largest absolute Gasteiger partial charge is 0.416 e. The number of halogens is 3. The number of alkyl halides is 3. The predicted octanol–water partition coefficient (Wildman–Crippen LogP) is 4.29. The van der Waals surface area contributed by atoms with Gasteiger partial charge in [0.2, 0.25) is 0 Å². The van der Waals surface area contributed by atoms with Crippen LogP contribution in [0.1, 0.15) is 31.0 Å². The number of nitrogens with zero attached hydrogens (tertiary/aromatic N) is 2. The number of hydrogen-bond acceptors (Lipinski definition) is 2. The van der Waals surface area contributed by atoms with Crippen LogP contribution < -0.4 is 0 Å².